The number of aliphatic hydroxyl groups excluding tert-OH is 1. The lowest BCUT2D eigenvalue weighted by atomic mass is 10.0. The number of benzene rings is 2. The van der Waals surface area contributed by atoms with Gasteiger partial charge >= 0.3 is 5.97 Å². The summed E-state index contributed by atoms with van der Waals surface area (Å²) in [5, 5.41) is 10.3. The second kappa shape index (κ2) is 13.1. The minimum Gasteiger partial charge on any atom is -0.457 e. The average Bonchev–Trinajstić information content (AvgIpc) is 2.74. The van der Waals surface area contributed by atoms with E-state index in [1.807, 2.05) is 30.3 Å². The van der Waals surface area contributed by atoms with E-state index in [1.54, 1.807) is 24.3 Å². The Bertz CT molecular complexity index is 712. The predicted molar refractivity (Wildman–Crippen MR) is 115 cm³/mol. The van der Waals surface area contributed by atoms with Crippen LogP contribution in [-0.4, -0.2) is 17.7 Å². The van der Waals surface area contributed by atoms with Gasteiger partial charge < -0.3 is 14.6 Å². The van der Waals surface area contributed by atoms with E-state index in [4.69, 9.17) is 9.47 Å². The van der Waals surface area contributed by atoms with Gasteiger partial charge in [-0.2, -0.15) is 0 Å². The van der Waals surface area contributed by atoms with Crippen LogP contribution in [0.1, 0.15) is 80.1 Å². The van der Waals surface area contributed by atoms with Crippen molar-refractivity contribution < 1.29 is 19.4 Å². The fourth-order valence-corrected chi connectivity index (χ4v) is 3.10. The highest BCUT2D eigenvalue weighted by Gasteiger charge is 2.13. The van der Waals surface area contributed by atoms with Gasteiger partial charge in [-0.1, -0.05) is 88.4 Å². The van der Waals surface area contributed by atoms with Crippen LogP contribution in [-0.2, 0) is 16.1 Å². The van der Waals surface area contributed by atoms with Gasteiger partial charge in [0.2, 0.25) is 0 Å². The molecule has 2 aromatic rings. The van der Waals surface area contributed by atoms with Crippen LogP contribution < -0.4 is 0 Å². The first-order chi connectivity index (χ1) is 14.1. The van der Waals surface area contributed by atoms with Crippen molar-refractivity contribution in [3.05, 3.63) is 71.3 Å². The minimum atomic E-state index is -1.03. The molecule has 0 amide bonds. The van der Waals surface area contributed by atoms with Gasteiger partial charge in [-0.05, 0) is 30.0 Å². The van der Waals surface area contributed by atoms with E-state index in [1.165, 1.54) is 25.7 Å². The van der Waals surface area contributed by atoms with Crippen LogP contribution in [0, 0.1) is 5.92 Å². The number of carbonyl (C=O) groups excluding carboxylic acids is 1. The van der Waals surface area contributed by atoms with Crippen molar-refractivity contribution in [1.29, 1.82) is 0 Å². The first-order valence-electron chi connectivity index (χ1n) is 10.7. The summed E-state index contributed by atoms with van der Waals surface area (Å²) >= 11 is 0. The molecule has 0 saturated heterocycles. The molecule has 1 N–H and O–H groups in total. The molecule has 0 radical (unpaired) electrons. The quantitative estimate of drug-likeness (QED) is 0.254. The molecule has 0 aliphatic heterocycles. The van der Waals surface area contributed by atoms with E-state index < -0.39 is 12.3 Å². The number of esters is 1. The van der Waals surface area contributed by atoms with Gasteiger partial charge in [0.15, 0.2) is 6.29 Å². The van der Waals surface area contributed by atoms with Crippen molar-refractivity contribution in [3.8, 4) is 0 Å². The van der Waals surface area contributed by atoms with Crippen LogP contribution in [0.2, 0.25) is 0 Å². The summed E-state index contributed by atoms with van der Waals surface area (Å²) in [5.74, 6) is 0.365. The zero-order valence-corrected chi connectivity index (χ0v) is 17.7. The van der Waals surface area contributed by atoms with Crippen LogP contribution >= 0.6 is 0 Å². The van der Waals surface area contributed by atoms with Crippen molar-refractivity contribution in [2.75, 3.05) is 6.61 Å². The maximum absolute atomic E-state index is 12.3. The lowest BCUT2D eigenvalue weighted by molar-refractivity contribution is -0.103. The summed E-state index contributed by atoms with van der Waals surface area (Å²) in [7, 11) is 0. The molecule has 2 rings (SSSR count). The zero-order chi connectivity index (χ0) is 20.9. The number of hydrogen-bond donors (Lipinski definition) is 1. The summed E-state index contributed by atoms with van der Waals surface area (Å²) in [4.78, 5) is 12.3. The number of hydrogen-bond acceptors (Lipinski definition) is 4. The Balaban J connectivity index is 1.70. The van der Waals surface area contributed by atoms with Crippen molar-refractivity contribution in [2.45, 2.75) is 65.3 Å². The Morgan fingerprint density at radius 1 is 0.931 bits per heavy atom. The molecule has 4 heteroatoms. The molecule has 0 heterocycles. The highest BCUT2D eigenvalue weighted by molar-refractivity contribution is 5.89. The lowest BCUT2D eigenvalue weighted by Crippen LogP contribution is -2.08. The van der Waals surface area contributed by atoms with Crippen LogP contribution in [0.3, 0.4) is 0 Å². The second-order valence-corrected chi connectivity index (χ2v) is 7.86. The number of rotatable bonds is 13. The predicted octanol–water partition coefficient (Wildman–Crippen LogP) is 6.05. The number of unbranched alkanes of at least 4 members (excludes halogenated alkanes) is 4. The molecule has 0 aliphatic carbocycles. The average molecular weight is 399 g/mol. The molecule has 1 atom stereocenters. The van der Waals surface area contributed by atoms with Gasteiger partial charge in [0, 0.05) is 5.56 Å². The van der Waals surface area contributed by atoms with E-state index in [-0.39, 0.29) is 6.61 Å². The topological polar surface area (TPSA) is 55.8 Å². The summed E-state index contributed by atoms with van der Waals surface area (Å²) in [6, 6.07) is 16.3. The van der Waals surface area contributed by atoms with Gasteiger partial charge in [0.25, 0.3) is 0 Å². The molecule has 0 fully saturated rings. The van der Waals surface area contributed by atoms with Gasteiger partial charge in [-0.15, -0.1) is 0 Å². The Hall–Kier alpha value is -2.17. The highest BCUT2D eigenvalue weighted by atomic mass is 16.6. The number of carbonyl (C=O) groups is 1. The molecule has 0 aliphatic rings. The van der Waals surface area contributed by atoms with Crippen LogP contribution in [0.5, 0.6) is 0 Å². The standard InChI is InChI=1S/C25H34O4/c1-20(2)12-7-4-3-5-10-17-28-24(26)22-15-11-16-23(18-22)25(27)29-19-21-13-8-6-9-14-21/h6,8-9,11,13-16,18,20,24,26H,3-5,7,10,12,17,19H2,1-2H3. The molecule has 0 bridgehead atoms. The van der Waals surface area contributed by atoms with E-state index >= 15 is 0 Å². The number of ether oxygens (including phenoxy) is 2. The molecular weight excluding hydrogens is 364 g/mol. The fraction of sp³-hybridized carbons (Fsp3) is 0.480. The van der Waals surface area contributed by atoms with Crippen molar-refractivity contribution in [2.24, 2.45) is 5.92 Å². The van der Waals surface area contributed by atoms with Crippen LogP contribution in [0.4, 0.5) is 0 Å². The van der Waals surface area contributed by atoms with Gasteiger partial charge in [0.05, 0.1) is 12.2 Å². The summed E-state index contributed by atoms with van der Waals surface area (Å²) in [6.45, 7) is 5.24. The van der Waals surface area contributed by atoms with Crippen molar-refractivity contribution >= 4 is 5.97 Å². The summed E-state index contributed by atoms with van der Waals surface area (Å²) in [5.41, 5.74) is 1.91. The Morgan fingerprint density at radius 3 is 2.41 bits per heavy atom. The van der Waals surface area contributed by atoms with Gasteiger partial charge in [-0.25, -0.2) is 4.79 Å². The first kappa shape index (κ1) is 23.1. The highest BCUT2D eigenvalue weighted by Crippen LogP contribution is 2.18. The fourth-order valence-electron chi connectivity index (χ4n) is 3.10. The third-order valence-electron chi connectivity index (χ3n) is 4.82. The largest absolute Gasteiger partial charge is 0.457 e. The monoisotopic (exact) mass is 398 g/mol. The minimum absolute atomic E-state index is 0.222. The molecule has 1 unspecified atom stereocenters. The van der Waals surface area contributed by atoms with E-state index in [0.29, 0.717) is 17.7 Å². The normalized spacial score (nSPS) is 12.1. The number of aliphatic hydroxyl groups is 1. The molecule has 0 spiro atoms. The van der Waals surface area contributed by atoms with Crippen LogP contribution in [0.15, 0.2) is 54.6 Å². The molecule has 2 aromatic carbocycles. The van der Waals surface area contributed by atoms with E-state index in [9.17, 15) is 9.90 Å². The summed E-state index contributed by atoms with van der Waals surface area (Å²) < 4.78 is 10.9. The van der Waals surface area contributed by atoms with Crippen LogP contribution in [0.25, 0.3) is 0 Å². The maximum atomic E-state index is 12.3. The Labute approximate surface area is 174 Å². The molecule has 158 valence electrons. The van der Waals surface area contributed by atoms with Gasteiger partial charge in [-0.3, -0.25) is 0 Å². The second-order valence-electron chi connectivity index (χ2n) is 7.86. The Morgan fingerprint density at radius 2 is 1.66 bits per heavy atom. The van der Waals surface area contributed by atoms with Crippen molar-refractivity contribution in [1.82, 2.24) is 0 Å². The van der Waals surface area contributed by atoms with Gasteiger partial charge in [0.1, 0.15) is 6.61 Å². The van der Waals surface area contributed by atoms with Crippen molar-refractivity contribution in [3.63, 3.8) is 0 Å². The molecule has 4 nitrogen and oxygen atoms in total. The molecule has 29 heavy (non-hydrogen) atoms. The molecule has 0 aromatic heterocycles. The van der Waals surface area contributed by atoms with E-state index in [0.717, 1.165) is 24.3 Å². The third kappa shape index (κ3) is 9.25. The first-order valence-corrected chi connectivity index (χ1v) is 10.7. The zero-order valence-electron chi connectivity index (χ0n) is 17.7. The molecule has 0 saturated carbocycles. The molecular formula is C25H34O4. The Kier molecular flexibility index (Phi) is 10.5. The smallest absolute Gasteiger partial charge is 0.338 e. The summed E-state index contributed by atoms with van der Waals surface area (Å²) in [6.07, 6.45) is 6.04. The third-order valence-corrected chi connectivity index (χ3v) is 4.82. The van der Waals surface area contributed by atoms with E-state index in [2.05, 4.69) is 13.8 Å². The SMILES string of the molecule is CC(C)CCCCCCCOC(O)c1cccc(C(=O)OCc2ccccc2)c1. The maximum Gasteiger partial charge on any atom is 0.338 e. The lowest BCUT2D eigenvalue weighted by Gasteiger charge is -2.13.